The number of carbonyl (C=O) groups excluding carboxylic acids is 1. The van der Waals surface area contributed by atoms with Crippen LogP contribution in [0.25, 0.3) is 0 Å². The van der Waals surface area contributed by atoms with Crippen molar-refractivity contribution in [1.29, 1.82) is 0 Å². The number of ether oxygens (including phenoxy) is 1. The lowest BCUT2D eigenvalue weighted by Gasteiger charge is -2.36. The lowest BCUT2D eigenvalue weighted by molar-refractivity contribution is 0.0325. The van der Waals surface area contributed by atoms with E-state index in [-0.39, 0.29) is 11.1 Å². The van der Waals surface area contributed by atoms with E-state index in [0.29, 0.717) is 13.0 Å². The van der Waals surface area contributed by atoms with Crippen molar-refractivity contribution in [2.24, 2.45) is 0 Å². The zero-order valence-electron chi connectivity index (χ0n) is 20.4. The third kappa shape index (κ3) is 10.1. The number of rotatable bonds is 7. The minimum absolute atomic E-state index is 0.242. The fourth-order valence-electron chi connectivity index (χ4n) is 2.72. The molecule has 0 radical (unpaired) electrons. The van der Waals surface area contributed by atoms with Crippen LogP contribution in [0.15, 0.2) is 11.8 Å². The van der Waals surface area contributed by atoms with Crippen LogP contribution in [0.4, 0.5) is 4.79 Å². The van der Waals surface area contributed by atoms with E-state index in [1.54, 1.807) is 11.1 Å². The highest BCUT2D eigenvalue weighted by Gasteiger charge is 2.36. The van der Waals surface area contributed by atoms with Crippen LogP contribution in [-0.2, 0) is 9.16 Å². The molecule has 0 aromatic carbocycles. The molecule has 0 saturated heterocycles. The first-order chi connectivity index (χ1) is 13.7. The molecule has 1 amide bonds. The molecule has 1 aliphatic heterocycles. The zero-order valence-corrected chi connectivity index (χ0v) is 21.4. The van der Waals surface area contributed by atoms with Gasteiger partial charge in [-0.05, 0) is 71.0 Å². The van der Waals surface area contributed by atoms with Gasteiger partial charge in [0.05, 0.1) is 0 Å². The maximum atomic E-state index is 12.2. The molecular weight excluding hydrogens is 394 g/mol. The van der Waals surface area contributed by atoms with Crippen LogP contribution in [0.2, 0.25) is 18.1 Å². The second-order valence-electron chi connectivity index (χ2n) is 10.7. The smallest absolute Gasteiger partial charge is 0.414 e. The van der Waals surface area contributed by atoms with Crippen molar-refractivity contribution in [2.75, 3.05) is 13.2 Å². The number of aliphatic hydroxyl groups excluding tert-OH is 1. The van der Waals surface area contributed by atoms with Gasteiger partial charge in [0.25, 0.3) is 0 Å². The average molecular weight is 438 g/mol. The molecule has 1 aliphatic rings. The number of nitrogens with zero attached hydrogens (tertiary/aromatic N) is 1. The molecule has 1 heterocycles. The highest BCUT2D eigenvalue weighted by molar-refractivity contribution is 6.74. The minimum Gasteiger partial charge on any atom is -0.443 e. The standard InChI is InChI=1S/C24H43NO4Si/c1-23(2,3)29-22(27)25-17-12-13-20(19-25)15-16-21(26)14-10-9-11-18-28-30(7,8)24(4,5)6/h19,21,26H,9-14,17-18H2,1-8H3/t21-/m1/s1. The monoisotopic (exact) mass is 437 g/mol. The summed E-state index contributed by atoms with van der Waals surface area (Å²) in [6.45, 7) is 18.3. The average Bonchev–Trinajstić information content (AvgIpc) is 2.60. The summed E-state index contributed by atoms with van der Waals surface area (Å²) in [5.74, 6) is 5.98. The summed E-state index contributed by atoms with van der Waals surface area (Å²) in [6, 6.07) is 0. The van der Waals surface area contributed by atoms with Crippen LogP contribution in [0.1, 0.15) is 80.1 Å². The molecule has 0 saturated carbocycles. The van der Waals surface area contributed by atoms with Gasteiger partial charge >= 0.3 is 6.09 Å². The van der Waals surface area contributed by atoms with E-state index in [0.717, 1.165) is 44.3 Å². The molecule has 0 spiro atoms. The molecule has 6 heteroatoms. The van der Waals surface area contributed by atoms with E-state index in [1.165, 1.54) is 0 Å². The maximum absolute atomic E-state index is 12.2. The molecule has 1 N–H and O–H groups in total. The number of aliphatic hydroxyl groups is 1. The first kappa shape index (κ1) is 26.7. The summed E-state index contributed by atoms with van der Waals surface area (Å²) < 4.78 is 11.6. The fraction of sp³-hybridized carbons (Fsp3) is 0.792. The number of hydrogen-bond acceptors (Lipinski definition) is 4. The van der Waals surface area contributed by atoms with Crippen molar-refractivity contribution < 1.29 is 19.1 Å². The summed E-state index contributed by atoms with van der Waals surface area (Å²) in [6.07, 6.45) is 6.09. The molecule has 1 rings (SSSR count). The molecule has 0 aromatic rings. The fourth-order valence-corrected chi connectivity index (χ4v) is 3.81. The number of amides is 1. The molecule has 30 heavy (non-hydrogen) atoms. The van der Waals surface area contributed by atoms with Crippen molar-refractivity contribution >= 4 is 14.4 Å². The van der Waals surface area contributed by atoms with E-state index >= 15 is 0 Å². The van der Waals surface area contributed by atoms with Crippen molar-refractivity contribution in [2.45, 2.75) is 110 Å². The van der Waals surface area contributed by atoms with Gasteiger partial charge in [0, 0.05) is 24.9 Å². The molecular formula is C24H43NO4Si. The normalized spacial score (nSPS) is 16.4. The first-order valence-corrected chi connectivity index (χ1v) is 14.2. The quantitative estimate of drug-likeness (QED) is 0.308. The Kier molecular flexibility index (Phi) is 10.1. The van der Waals surface area contributed by atoms with Crippen molar-refractivity contribution in [3.05, 3.63) is 11.8 Å². The Morgan fingerprint density at radius 2 is 1.87 bits per heavy atom. The predicted octanol–water partition coefficient (Wildman–Crippen LogP) is 5.85. The van der Waals surface area contributed by atoms with Crippen molar-refractivity contribution in [3.63, 3.8) is 0 Å². The van der Waals surface area contributed by atoms with Gasteiger partial charge in [-0.2, -0.15) is 0 Å². The van der Waals surface area contributed by atoms with Gasteiger partial charge in [-0.1, -0.05) is 39.0 Å². The first-order valence-electron chi connectivity index (χ1n) is 11.3. The second kappa shape index (κ2) is 11.4. The van der Waals surface area contributed by atoms with E-state index < -0.39 is 20.0 Å². The molecule has 0 fully saturated rings. The summed E-state index contributed by atoms with van der Waals surface area (Å²) in [5.41, 5.74) is 0.356. The SMILES string of the molecule is CC(C)(C)OC(=O)N1C=C(C#C[C@H](O)CCCCCO[Si](C)(C)C(C)(C)C)CCC1. The number of unbranched alkanes of at least 4 members (excludes halogenated alkanes) is 2. The summed E-state index contributed by atoms with van der Waals surface area (Å²) in [4.78, 5) is 13.8. The van der Waals surface area contributed by atoms with Gasteiger partial charge in [-0.3, -0.25) is 4.90 Å². The molecule has 1 atom stereocenters. The molecule has 172 valence electrons. The lowest BCUT2D eigenvalue weighted by Crippen LogP contribution is -2.40. The highest BCUT2D eigenvalue weighted by Crippen LogP contribution is 2.36. The van der Waals surface area contributed by atoms with E-state index in [9.17, 15) is 9.90 Å². The van der Waals surface area contributed by atoms with Crippen LogP contribution >= 0.6 is 0 Å². The number of carbonyl (C=O) groups is 1. The second-order valence-corrected chi connectivity index (χ2v) is 15.5. The van der Waals surface area contributed by atoms with Gasteiger partial charge in [-0.25, -0.2) is 4.79 Å². The maximum Gasteiger partial charge on any atom is 0.414 e. The van der Waals surface area contributed by atoms with Gasteiger partial charge in [0.2, 0.25) is 0 Å². The topological polar surface area (TPSA) is 59.0 Å². The molecule has 5 nitrogen and oxygen atoms in total. The minimum atomic E-state index is -1.66. The Morgan fingerprint density at radius 3 is 2.47 bits per heavy atom. The summed E-state index contributed by atoms with van der Waals surface area (Å²) >= 11 is 0. The van der Waals surface area contributed by atoms with Crippen molar-refractivity contribution in [3.8, 4) is 11.8 Å². The Balaban J connectivity index is 2.37. The Hall–Kier alpha value is -1.29. The Labute approximate surface area is 185 Å². The van der Waals surface area contributed by atoms with Gasteiger partial charge < -0.3 is 14.3 Å². The number of hydrogen-bond donors (Lipinski definition) is 1. The molecule has 0 aromatic heterocycles. The van der Waals surface area contributed by atoms with Crippen molar-refractivity contribution in [1.82, 2.24) is 4.90 Å². The largest absolute Gasteiger partial charge is 0.443 e. The van der Waals surface area contributed by atoms with E-state index in [1.807, 2.05) is 20.8 Å². The predicted molar refractivity (Wildman–Crippen MR) is 126 cm³/mol. The zero-order chi connectivity index (χ0) is 23.0. The highest BCUT2D eigenvalue weighted by atomic mass is 28.4. The molecule has 0 unspecified atom stereocenters. The lowest BCUT2D eigenvalue weighted by atomic mass is 10.1. The van der Waals surface area contributed by atoms with Gasteiger partial charge in [0.1, 0.15) is 11.7 Å². The van der Waals surface area contributed by atoms with Gasteiger partial charge in [-0.15, -0.1) is 0 Å². The van der Waals surface area contributed by atoms with Crippen LogP contribution in [0, 0.1) is 11.8 Å². The Morgan fingerprint density at radius 1 is 1.20 bits per heavy atom. The van der Waals surface area contributed by atoms with Crippen LogP contribution in [0.3, 0.4) is 0 Å². The third-order valence-electron chi connectivity index (χ3n) is 5.58. The summed E-state index contributed by atoms with van der Waals surface area (Å²) in [7, 11) is -1.66. The molecule has 0 aliphatic carbocycles. The van der Waals surface area contributed by atoms with Gasteiger partial charge in [0.15, 0.2) is 8.32 Å². The third-order valence-corrected chi connectivity index (χ3v) is 10.1. The Bertz CT molecular complexity index is 647. The van der Waals surface area contributed by atoms with Crippen LogP contribution < -0.4 is 0 Å². The van der Waals surface area contributed by atoms with E-state index in [4.69, 9.17) is 9.16 Å². The summed E-state index contributed by atoms with van der Waals surface area (Å²) in [5, 5.41) is 10.4. The number of allylic oxidation sites excluding steroid dienone is 1. The van der Waals surface area contributed by atoms with E-state index in [2.05, 4.69) is 45.7 Å². The molecule has 0 bridgehead atoms. The van der Waals surface area contributed by atoms with Crippen LogP contribution in [-0.4, -0.2) is 49.3 Å². The van der Waals surface area contributed by atoms with Crippen LogP contribution in [0.5, 0.6) is 0 Å².